The summed E-state index contributed by atoms with van der Waals surface area (Å²) >= 11 is 0. The molecular weight excluding hydrogens is 213 g/mol. The van der Waals surface area contributed by atoms with Crippen molar-refractivity contribution < 1.29 is 19.4 Å². The number of rotatable bonds is 4. The lowest BCUT2D eigenvalue weighted by Gasteiger charge is -2.14. The molecule has 16 heavy (non-hydrogen) atoms. The van der Waals surface area contributed by atoms with Crippen LogP contribution in [0.5, 0.6) is 5.75 Å². The molecule has 0 radical (unpaired) electrons. The minimum absolute atomic E-state index is 0.138. The number of phenols is 1. The summed E-state index contributed by atoms with van der Waals surface area (Å²) in [5.41, 5.74) is 5.41. The molecule has 0 aliphatic carbocycles. The quantitative estimate of drug-likeness (QED) is 0.734. The van der Waals surface area contributed by atoms with Gasteiger partial charge in [0, 0.05) is 11.6 Å². The number of nitrogens with two attached hydrogens (primary N) is 1. The predicted octanol–water partition coefficient (Wildman–Crippen LogP) is 2.03. The third kappa shape index (κ3) is 2.49. The van der Waals surface area contributed by atoms with Gasteiger partial charge in [0.15, 0.2) is 0 Å². The fraction of sp³-hybridized carbons (Fsp3) is 0.364. The summed E-state index contributed by atoms with van der Waals surface area (Å²) in [5.74, 6) is -2.53. The maximum absolute atomic E-state index is 13.1. The van der Waals surface area contributed by atoms with Crippen LogP contribution in [0.25, 0.3) is 0 Å². The van der Waals surface area contributed by atoms with E-state index < -0.39 is 29.1 Å². The van der Waals surface area contributed by atoms with Crippen molar-refractivity contribution in [2.24, 2.45) is 5.73 Å². The van der Waals surface area contributed by atoms with Crippen molar-refractivity contribution in [1.82, 2.24) is 0 Å². The molecular formula is C11H14FNO3. The van der Waals surface area contributed by atoms with Gasteiger partial charge in [-0.2, -0.15) is 0 Å². The molecule has 0 saturated carbocycles. The molecule has 1 aromatic rings. The van der Waals surface area contributed by atoms with Crippen LogP contribution in [0.3, 0.4) is 0 Å². The molecule has 1 atom stereocenters. The van der Waals surface area contributed by atoms with Crippen LogP contribution < -0.4 is 5.73 Å². The largest absolute Gasteiger partial charge is 0.507 e. The number of hydrogen-bond acceptors (Lipinski definition) is 3. The van der Waals surface area contributed by atoms with E-state index in [2.05, 4.69) is 0 Å². The highest BCUT2D eigenvalue weighted by atomic mass is 19.1. The number of halogens is 1. The first kappa shape index (κ1) is 12.4. The van der Waals surface area contributed by atoms with Crippen molar-refractivity contribution in [1.29, 1.82) is 0 Å². The molecule has 1 aromatic carbocycles. The molecule has 0 unspecified atom stereocenters. The molecule has 0 aliphatic rings. The first-order valence-electron chi connectivity index (χ1n) is 4.98. The summed E-state index contributed by atoms with van der Waals surface area (Å²) in [6, 6.07) is 1.29. The molecule has 4 N–H and O–H groups in total. The molecule has 0 amide bonds. The molecule has 0 spiro atoms. The number of aromatic hydroxyl groups is 1. The maximum Gasteiger partial charge on any atom is 0.339 e. The van der Waals surface area contributed by atoms with Crippen LogP contribution in [0.2, 0.25) is 0 Å². The highest BCUT2D eigenvalue weighted by molar-refractivity contribution is 5.91. The van der Waals surface area contributed by atoms with E-state index in [9.17, 15) is 14.3 Å². The Morgan fingerprint density at radius 2 is 2.19 bits per heavy atom. The standard InChI is InChI=1S/C11H14FNO3/c1-2-3-9(13)7-4-6(12)5-8(10(7)14)11(15)16/h4-5,9,14H,2-3,13H2,1H3,(H,15,16)/t9-/m0/s1. The normalized spacial score (nSPS) is 12.4. The van der Waals surface area contributed by atoms with Gasteiger partial charge in [-0.1, -0.05) is 13.3 Å². The summed E-state index contributed by atoms with van der Waals surface area (Å²) in [7, 11) is 0. The zero-order chi connectivity index (χ0) is 12.3. The maximum atomic E-state index is 13.1. The van der Waals surface area contributed by atoms with Crippen LogP contribution in [0.1, 0.15) is 41.7 Å². The van der Waals surface area contributed by atoms with Crippen molar-refractivity contribution in [2.75, 3.05) is 0 Å². The molecule has 0 saturated heterocycles. The number of carboxylic acid groups (broad SMARTS) is 1. The van der Waals surface area contributed by atoms with Crippen molar-refractivity contribution in [3.63, 3.8) is 0 Å². The molecule has 0 aromatic heterocycles. The number of benzene rings is 1. The highest BCUT2D eigenvalue weighted by Gasteiger charge is 2.19. The summed E-state index contributed by atoms with van der Waals surface area (Å²) in [6.45, 7) is 1.90. The Balaban J connectivity index is 3.23. The molecule has 0 heterocycles. The van der Waals surface area contributed by atoms with E-state index in [1.54, 1.807) is 0 Å². The average molecular weight is 227 g/mol. The van der Waals surface area contributed by atoms with Crippen molar-refractivity contribution >= 4 is 5.97 Å². The minimum Gasteiger partial charge on any atom is -0.507 e. The molecule has 0 bridgehead atoms. The average Bonchev–Trinajstić information content (AvgIpc) is 2.20. The zero-order valence-corrected chi connectivity index (χ0v) is 8.90. The number of aromatic carboxylic acids is 1. The fourth-order valence-electron chi connectivity index (χ4n) is 1.53. The number of carboxylic acids is 1. The Morgan fingerprint density at radius 3 is 2.69 bits per heavy atom. The van der Waals surface area contributed by atoms with Gasteiger partial charge >= 0.3 is 5.97 Å². The van der Waals surface area contributed by atoms with E-state index in [0.717, 1.165) is 18.6 Å². The topological polar surface area (TPSA) is 83.6 Å². The Morgan fingerprint density at radius 1 is 1.56 bits per heavy atom. The lowest BCUT2D eigenvalue weighted by Crippen LogP contribution is -2.12. The second-order valence-corrected chi connectivity index (χ2v) is 3.59. The summed E-state index contributed by atoms with van der Waals surface area (Å²) in [5, 5.41) is 18.4. The van der Waals surface area contributed by atoms with Gasteiger partial charge in [0.05, 0.1) is 0 Å². The van der Waals surface area contributed by atoms with E-state index in [-0.39, 0.29) is 5.56 Å². The molecule has 0 fully saturated rings. The van der Waals surface area contributed by atoms with Gasteiger partial charge in [-0.25, -0.2) is 9.18 Å². The van der Waals surface area contributed by atoms with E-state index in [4.69, 9.17) is 10.8 Å². The van der Waals surface area contributed by atoms with Gasteiger partial charge in [0.1, 0.15) is 17.1 Å². The van der Waals surface area contributed by atoms with Gasteiger partial charge in [0.25, 0.3) is 0 Å². The van der Waals surface area contributed by atoms with E-state index in [1.807, 2.05) is 6.92 Å². The van der Waals surface area contributed by atoms with Gasteiger partial charge in [-0.05, 0) is 18.6 Å². The Kier molecular flexibility index (Phi) is 3.84. The molecule has 5 heteroatoms. The summed E-state index contributed by atoms with van der Waals surface area (Å²) in [4.78, 5) is 10.7. The number of hydrogen-bond donors (Lipinski definition) is 3. The van der Waals surface area contributed by atoms with Gasteiger partial charge < -0.3 is 15.9 Å². The molecule has 0 aliphatic heterocycles. The van der Waals surface area contributed by atoms with Crippen LogP contribution in [-0.4, -0.2) is 16.2 Å². The lowest BCUT2D eigenvalue weighted by molar-refractivity contribution is 0.0693. The Labute approximate surface area is 92.5 Å². The second kappa shape index (κ2) is 4.94. The van der Waals surface area contributed by atoms with Gasteiger partial charge in [-0.3, -0.25) is 0 Å². The Bertz CT molecular complexity index is 406. The smallest absolute Gasteiger partial charge is 0.339 e. The summed E-state index contributed by atoms with van der Waals surface area (Å²) < 4.78 is 13.1. The van der Waals surface area contributed by atoms with Gasteiger partial charge in [-0.15, -0.1) is 0 Å². The van der Waals surface area contributed by atoms with Gasteiger partial charge in [0.2, 0.25) is 0 Å². The minimum atomic E-state index is -1.37. The Hall–Kier alpha value is -1.62. The summed E-state index contributed by atoms with van der Waals surface area (Å²) in [6.07, 6.45) is 1.32. The van der Waals surface area contributed by atoms with Crippen LogP contribution in [0.15, 0.2) is 12.1 Å². The van der Waals surface area contributed by atoms with Crippen LogP contribution in [0.4, 0.5) is 4.39 Å². The molecule has 88 valence electrons. The van der Waals surface area contributed by atoms with E-state index in [1.165, 1.54) is 0 Å². The fourth-order valence-corrected chi connectivity index (χ4v) is 1.53. The zero-order valence-electron chi connectivity index (χ0n) is 8.90. The highest BCUT2D eigenvalue weighted by Crippen LogP contribution is 2.30. The second-order valence-electron chi connectivity index (χ2n) is 3.59. The third-order valence-corrected chi connectivity index (χ3v) is 2.33. The van der Waals surface area contributed by atoms with Crippen molar-refractivity contribution in [3.8, 4) is 5.75 Å². The van der Waals surface area contributed by atoms with Crippen molar-refractivity contribution in [3.05, 3.63) is 29.1 Å². The molecule has 1 rings (SSSR count). The van der Waals surface area contributed by atoms with Crippen LogP contribution >= 0.6 is 0 Å². The third-order valence-electron chi connectivity index (χ3n) is 2.33. The van der Waals surface area contributed by atoms with Crippen LogP contribution in [0, 0.1) is 5.82 Å². The van der Waals surface area contributed by atoms with E-state index in [0.29, 0.717) is 6.42 Å². The lowest BCUT2D eigenvalue weighted by atomic mass is 9.99. The monoisotopic (exact) mass is 227 g/mol. The first-order valence-corrected chi connectivity index (χ1v) is 4.98. The SMILES string of the molecule is CCC[C@H](N)c1cc(F)cc(C(=O)O)c1O. The molecule has 4 nitrogen and oxygen atoms in total. The predicted molar refractivity (Wildman–Crippen MR) is 56.9 cm³/mol. The van der Waals surface area contributed by atoms with Crippen LogP contribution in [-0.2, 0) is 0 Å². The first-order chi connectivity index (χ1) is 7.47. The number of carbonyl (C=O) groups is 1. The van der Waals surface area contributed by atoms with Crippen molar-refractivity contribution in [2.45, 2.75) is 25.8 Å². The van der Waals surface area contributed by atoms with E-state index >= 15 is 0 Å².